The smallest absolute Gasteiger partial charge is 0.147 e. The summed E-state index contributed by atoms with van der Waals surface area (Å²) >= 11 is 0. The summed E-state index contributed by atoms with van der Waals surface area (Å²) in [5.41, 5.74) is 1.84. The van der Waals surface area contributed by atoms with E-state index in [0.717, 1.165) is 54.0 Å². The number of aromatic nitrogens is 4. The van der Waals surface area contributed by atoms with E-state index in [9.17, 15) is 4.39 Å². The first-order valence-electron chi connectivity index (χ1n) is 8.75. The number of rotatable bonds is 4. The summed E-state index contributed by atoms with van der Waals surface area (Å²) in [6.45, 7) is 6.46. The van der Waals surface area contributed by atoms with E-state index in [-0.39, 0.29) is 5.82 Å². The summed E-state index contributed by atoms with van der Waals surface area (Å²) in [7, 11) is 0. The van der Waals surface area contributed by atoms with Crippen LogP contribution in [0.2, 0.25) is 0 Å². The Bertz CT molecular complexity index is 904. The van der Waals surface area contributed by atoms with Crippen LogP contribution in [0.3, 0.4) is 0 Å². The fourth-order valence-electron chi connectivity index (χ4n) is 3.81. The van der Waals surface area contributed by atoms with Gasteiger partial charge in [-0.2, -0.15) is 5.10 Å². The molecule has 4 rings (SSSR count). The lowest BCUT2D eigenvalue weighted by Gasteiger charge is -2.25. The summed E-state index contributed by atoms with van der Waals surface area (Å²) in [5, 5.41) is 5.34. The molecule has 0 aliphatic carbocycles. The van der Waals surface area contributed by atoms with Gasteiger partial charge in [-0.15, -0.1) is 0 Å². The lowest BCUT2D eigenvalue weighted by Crippen LogP contribution is -2.33. The lowest BCUT2D eigenvalue weighted by atomic mass is 10.1. The highest BCUT2D eigenvalue weighted by molar-refractivity contribution is 5.81. The van der Waals surface area contributed by atoms with E-state index in [2.05, 4.69) is 20.0 Å². The number of nitrogens with zero attached hydrogens (tertiary/aromatic N) is 5. The molecule has 5 nitrogen and oxygen atoms in total. The number of pyridine rings is 1. The fourth-order valence-corrected chi connectivity index (χ4v) is 3.81. The van der Waals surface area contributed by atoms with Gasteiger partial charge in [0.05, 0.1) is 12.1 Å². The summed E-state index contributed by atoms with van der Waals surface area (Å²) < 4.78 is 16.0. The first-order valence-corrected chi connectivity index (χ1v) is 8.75. The minimum absolute atomic E-state index is 0.200. The maximum atomic E-state index is 14.0. The van der Waals surface area contributed by atoms with E-state index in [1.807, 2.05) is 30.7 Å². The van der Waals surface area contributed by atoms with Gasteiger partial charge in [-0.25, -0.2) is 14.1 Å². The van der Waals surface area contributed by atoms with Gasteiger partial charge in [0.15, 0.2) is 0 Å². The Morgan fingerprint density at radius 2 is 2.16 bits per heavy atom. The summed E-state index contributed by atoms with van der Waals surface area (Å²) in [6, 6.07) is 7.32. The number of aryl methyl sites for hydroxylation is 2. The quantitative estimate of drug-likeness (QED) is 0.732. The minimum atomic E-state index is -0.200. The third-order valence-electron chi connectivity index (χ3n) is 4.97. The first-order chi connectivity index (χ1) is 12.1. The lowest BCUT2D eigenvalue weighted by molar-refractivity contribution is 0.218. The van der Waals surface area contributed by atoms with Crippen LogP contribution in [0.25, 0.3) is 10.9 Å². The molecule has 0 amide bonds. The fraction of sp³-hybridized carbons (Fsp3) is 0.421. The van der Waals surface area contributed by atoms with E-state index in [1.165, 1.54) is 0 Å². The molecular formula is C19H22FN5. The van der Waals surface area contributed by atoms with Crippen LogP contribution in [0, 0.1) is 19.7 Å². The zero-order valence-electron chi connectivity index (χ0n) is 14.6. The van der Waals surface area contributed by atoms with Gasteiger partial charge in [-0.3, -0.25) is 9.88 Å². The van der Waals surface area contributed by atoms with Crippen molar-refractivity contribution in [2.45, 2.75) is 45.8 Å². The van der Waals surface area contributed by atoms with Gasteiger partial charge >= 0.3 is 0 Å². The van der Waals surface area contributed by atoms with Gasteiger partial charge < -0.3 is 0 Å². The van der Waals surface area contributed by atoms with E-state index >= 15 is 0 Å². The second-order valence-corrected chi connectivity index (χ2v) is 6.79. The second-order valence-electron chi connectivity index (χ2n) is 6.79. The van der Waals surface area contributed by atoms with Crippen molar-refractivity contribution in [3.8, 4) is 0 Å². The Morgan fingerprint density at radius 3 is 2.96 bits per heavy atom. The normalized spacial score (nSPS) is 18.3. The number of fused-ring (bicyclic) bond motifs is 1. The molecule has 0 bridgehead atoms. The van der Waals surface area contributed by atoms with Crippen molar-refractivity contribution >= 4 is 10.9 Å². The Balaban J connectivity index is 1.58. The molecule has 3 aromatic rings. The third-order valence-corrected chi connectivity index (χ3v) is 4.97. The highest BCUT2D eigenvalue weighted by Gasteiger charge is 2.26. The van der Waals surface area contributed by atoms with Gasteiger partial charge in [0.2, 0.25) is 0 Å². The highest BCUT2D eigenvalue weighted by atomic mass is 19.1. The Morgan fingerprint density at radius 1 is 1.28 bits per heavy atom. The molecule has 0 spiro atoms. The molecule has 1 saturated heterocycles. The van der Waals surface area contributed by atoms with E-state index in [4.69, 9.17) is 0 Å². The van der Waals surface area contributed by atoms with E-state index < -0.39 is 0 Å². The van der Waals surface area contributed by atoms with Crippen LogP contribution in [-0.4, -0.2) is 37.2 Å². The average molecular weight is 339 g/mol. The van der Waals surface area contributed by atoms with Crippen molar-refractivity contribution in [3.05, 3.63) is 53.5 Å². The minimum Gasteiger partial charge on any atom is -0.294 e. The molecule has 0 radical (unpaired) electrons. The van der Waals surface area contributed by atoms with Crippen LogP contribution in [0.1, 0.15) is 30.1 Å². The van der Waals surface area contributed by atoms with Gasteiger partial charge in [0, 0.05) is 24.2 Å². The van der Waals surface area contributed by atoms with Crippen molar-refractivity contribution < 1.29 is 4.39 Å². The summed E-state index contributed by atoms with van der Waals surface area (Å²) in [6.07, 6.45) is 4.05. The number of hydrogen-bond donors (Lipinski definition) is 0. The molecule has 6 heteroatoms. The van der Waals surface area contributed by atoms with Crippen molar-refractivity contribution in [1.82, 2.24) is 24.6 Å². The first kappa shape index (κ1) is 16.1. The third kappa shape index (κ3) is 3.26. The molecule has 0 saturated carbocycles. The molecule has 25 heavy (non-hydrogen) atoms. The predicted molar refractivity (Wildman–Crippen MR) is 94.6 cm³/mol. The number of likely N-dealkylation sites (tertiary alicyclic amines) is 1. The molecule has 130 valence electrons. The maximum absolute atomic E-state index is 14.0. The van der Waals surface area contributed by atoms with E-state index in [0.29, 0.717) is 12.6 Å². The summed E-state index contributed by atoms with van der Waals surface area (Å²) in [4.78, 5) is 11.3. The van der Waals surface area contributed by atoms with Crippen LogP contribution in [-0.2, 0) is 13.1 Å². The van der Waals surface area contributed by atoms with Crippen molar-refractivity contribution in [2.75, 3.05) is 6.54 Å². The molecule has 3 heterocycles. The highest BCUT2D eigenvalue weighted by Crippen LogP contribution is 2.25. The molecule has 0 unspecified atom stereocenters. The van der Waals surface area contributed by atoms with Crippen LogP contribution in [0.5, 0.6) is 0 Å². The van der Waals surface area contributed by atoms with Gasteiger partial charge in [0.1, 0.15) is 17.5 Å². The number of halogens is 1. The molecule has 2 aromatic heterocycles. The average Bonchev–Trinajstić information content (AvgIpc) is 3.14. The Kier molecular flexibility index (Phi) is 4.21. The zero-order valence-corrected chi connectivity index (χ0v) is 14.6. The van der Waals surface area contributed by atoms with Gasteiger partial charge in [-0.05, 0) is 57.0 Å². The molecule has 1 atom stereocenters. The largest absolute Gasteiger partial charge is 0.294 e. The van der Waals surface area contributed by atoms with E-state index in [1.54, 1.807) is 18.3 Å². The van der Waals surface area contributed by atoms with Crippen LogP contribution >= 0.6 is 0 Å². The van der Waals surface area contributed by atoms with Gasteiger partial charge in [-0.1, -0.05) is 6.07 Å². The molecular weight excluding hydrogens is 317 g/mol. The molecule has 1 aliphatic rings. The van der Waals surface area contributed by atoms with Crippen molar-refractivity contribution in [3.63, 3.8) is 0 Å². The van der Waals surface area contributed by atoms with Crippen LogP contribution in [0.4, 0.5) is 4.39 Å². The number of benzene rings is 1. The second kappa shape index (κ2) is 6.52. The van der Waals surface area contributed by atoms with Crippen LogP contribution in [0.15, 0.2) is 30.5 Å². The number of hydrogen-bond acceptors (Lipinski definition) is 4. The topological polar surface area (TPSA) is 46.8 Å². The standard InChI is InChI=1S/C19H22FN5/c1-13-22-14(2)25(23-13)12-18-6-4-8-24(18)11-16-10-17(20)9-15-5-3-7-21-19(15)16/h3,5,7,9-10,18H,4,6,8,11-12H2,1-2H3/t18-/m0/s1. The van der Waals surface area contributed by atoms with Crippen molar-refractivity contribution in [1.29, 1.82) is 0 Å². The van der Waals surface area contributed by atoms with Crippen LogP contribution < -0.4 is 0 Å². The monoisotopic (exact) mass is 339 g/mol. The Hall–Kier alpha value is -2.34. The SMILES string of the molecule is Cc1nc(C)n(C[C@@H]2CCCN2Cc2cc(F)cc3cccnc23)n1. The predicted octanol–water partition coefficient (Wildman–Crippen LogP) is 3.25. The molecule has 1 aliphatic heterocycles. The zero-order chi connectivity index (χ0) is 17.4. The Labute approximate surface area is 146 Å². The molecule has 0 N–H and O–H groups in total. The maximum Gasteiger partial charge on any atom is 0.147 e. The summed E-state index contributed by atoms with van der Waals surface area (Å²) in [5.74, 6) is 1.55. The molecule has 1 fully saturated rings. The van der Waals surface area contributed by atoms with Gasteiger partial charge in [0.25, 0.3) is 0 Å². The molecule has 1 aromatic carbocycles. The van der Waals surface area contributed by atoms with Crippen molar-refractivity contribution in [2.24, 2.45) is 0 Å².